The molecule has 2 aromatic rings. The van der Waals surface area contributed by atoms with Gasteiger partial charge in [-0.1, -0.05) is 18.5 Å². The van der Waals surface area contributed by atoms with Gasteiger partial charge in [0.2, 0.25) is 0 Å². The Hall–Kier alpha value is -1.75. The molecule has 112 valence electrons. The van der Waals surface area contributed by atoms with Crippen LogP contribution in [0, 0.1) is 12.8 Å². The molecule has 2 N–H and O–H groups in total. The van der Waals surface area contributed by atoms with E-state index in [1.165, 1.54) is 6.42 Å². The van der Waals surface area contributed by atoms with E-state index in [1.54, 1.807) is 6.20 Å². The van der Waals surface area contributed by atoms with Crippen molar-refractivity contribution in [3.05, 3.63) is 29.8 Å². The second kappa shape index (κ2) is 5.56. The van der Waals surface area contributed by atoms with Gasteiger partial charge in [0.1, 0.15) is 0 Å². The van der Waals surface area contributed by atoms with Gasteiger partial charge in [-0.2, -0.15) is 4.98 Å². The van der Waals surface area contributed by atoms with Crippen LogP contribution in [0.5, 0.6) is 0 Å². The second-order valence-corrected chi connectivity index (χ2v) is 6.12. The topological polar surface area (TPSA) is 77.8 Å². The number of rotatable bonds is 3. The van der Waals surface area contributed by atoms with Crippen molar-refractivity contribution in [2.75, 3.05) is 0 Å². The van der Waals surface area contributed by atoms with E-state index in [2.05, 4.69) is 22.0 Å². The maximum Gasteiger partial charge on any atom is 0.259 e. The van der Waals surface area contributed by atoms with Gasteiger partial charge in [0.15, 0.2) is 5.82 Å². The SMILES string of the molecule is CCC1CCC(N)(c2noc(-c3ccc(C)nc3)n2)CC1. The summed E-state index contributed by atoms with van der Waals surface area (Å²) in [5.41, 5.74) is 7.88. The molecule has 0 aliphatic heterocycles. The molecular weight excluding hydrogens is 264 g/mol. The minimum absolute atomic E-state index is 0.439. The molecule has 1 saturated carbocycles. The number of hydrogen-bond donors (Lipinski definition) is 1. The summed E-state index contributed by atoms with van der Waals surface area (Å²) in [5, 5.41) is 4.12. The lowest BCUT2D eigenvalue weighted by atomic mass is 9.76. The Balaban J connectivity index is 1.80. The quantitative estimate of drug-likeness (QED) is 0.937. The van der Waals surface area contributed by atoms with Crippen molar-refractivity contribution in [2.45, 2.75) is 51.5 Å². The summed E-state index contributed by atoms with van der Waals surface area (Å²) in [7, 11) is 0. The van der Waals surface area contributed by atoms with Crippen LogP contribution in [0.4, 0.5) is 0 Å². The molecule has 3 rings (SSSR count). The number of nitrogens with two attached hydrogens (primary N) is 1. The van der Waals surface area contributed by atoms with Crippen molar-refractivity contribution in [3.63, 3.8) is 0 Å². The number of nitrogens with zero attached hydrogens (tertiary/aromatic N) is 3. The van der Waals surface area contributed by atoms with Gasteiger partial charge >= 0.3 is 0 Å². The predicted molar refractivity (Wildman–Crippen MR) is 80.4 cm³/mol. The summed E-state index contributed by atoms with van der Waals surface area (Å²) in [6, 6.07) is 3.88. The van der Waals surface area contributed by atoms with Crippen LogP contribution < -0.4 is 5.73 Å². The number of pyridine rings is 1. The number of aryl methyl sites for hydroxylation is 1. The van der Waals surface area contributed by atoms with Crippen LogP contribution in [0.15, 0.2) is 22.9 Å². The lowest BCUT2D eigenvalue weighted by Crippen LogP contribution is -2.41. The summed E-state index contributed by atoms with van der Waals surface area (Å²) in [4.78, 5) is 8.77. The fraction of sp³-hybridized carbons (Fsp3) is 0.562. The molecule has 5 nitrogen and oxygen atoms in total. The van der Waals surface area contributed by atoms with Crippen LogP contribution in [-0.4, -0.2) is 15.1 Å². The van der Waals surface area contributed by atoms with Gasteiger partial charge in [0.25, 0.3) is 5.89 Å². The highest BCUT2D eigenvalue weighted by Gasteiger charge is 2.36. The molecule has 1 fully saturated rings. The Morgan fingerprint density at radius 1 is 1.33 bits per heavy atom. The zero-order chi connectivity index (χ0) is 14.9. The van der Waals surface area contributed by atoms with Crippen LogP contribution in [0.1, 0.15) is 50.5 Å². The molecule has 0 spiro atoms. The van der Waals surface area contributed by atoms with Gasteiger partial charge in [0, 0.05) is 11.9 Å². The van der Waals surface area contributed by atoms with E-state index in [1.807, 2.05) is 19.1 Å². The monoisotopic (exact) mass is 286 g/mol. The van der Waals surface area contributed by atoms with Crippen LogP contribution >= 0.6 is 0 Å². The largest absolute Gasteiger partial charge is 0.334 e. The first-order valence-corrected chi connectivity index (χ1v) is 7.67. The van der Waals surface area contributed by atoms with Crippen molar-refractivity contribution < 1.29 is 4.52 Å². The highest BCUT2D eigenvalue weighted by Crippen LogP contribution is 2.37. The molecule has 2 heterocycles. The standard InChI is InChI=1S/C16H22N4O/c1-3-12-6-8-16(17,9-7-12)15-19-14(21-20-15)13-5-4-11(2)18-10-13/h4-5,10,12H,3,6-9,17H2,1-2H3. The van der Waals surface area contributed by atoms with Gasteiger partial charge in [-0.3, -0.25) is 4.98 Å². The van der Waals surface area contributed by atoms with Crippen molar-refractivity contribution in [1.29, 1.82) is 0 Å². The van der Waals surface area contributed by atoms with Gasteiger partial charge in [-0.25, -0.2) is 0 Å². The molecule has 1 aliphatic carbocycles. The summed E-state index contributed by atoms with van der Waals surface area (Å²) in [5.74, 6) is 1.92. The number of aromatic nitrogens is 3. The molecule has 0 bridgehead atoms. The predicted octanol–water partition coefficient (Wildman–Crippen LogP) is 3.19. The highest BCUT2D eigenvalue weighted by atomic mass is 16.5. The van der Waals surface area contributed by atoms with Crippen molar-refractivity contribution in [2.24, 2.45) is 11.7 Å². The first-order valence-electron chi connectivity index (χ1n) is 7.67. The summed E-state index contributed by atoms with van der Waals surface area (Å²) >= 11 is 0. The van der Waals surface area contributed by atoms with E-state index in [-0.39, 0.29) is 0 Å². The molecule has 0 atom stereocenters. The highest BCUT2D eigenvalue weighted by molar-refractivity contribution is 5.51. The first kappa shape index (κ1) is 14.2. The smallest absolute Gasteiger partial charge is 0.259 e. The van der Waals surface area contributed by atoms with E-state index >= 15 is 0 Å². The van der Waals surface area contributed by atoms with E-state index < -0.39 is 5.54 Å². The van der Waals surface area contributed by atoms with Gasteiger partial charge in [-0.05, 0) is 50.7 Å². The number of hydrogen-bond acceptors (Lipinski definition) is 5. The van der Waals surface area contributed by atoms with Gasteiger partial charge < -0.3 is 10.3 Å². The lowest BCUT2D eigenvalue weighted by molar-refractivity contribution is 0.216. The Kier molecular flexibility index (Phi) is 3.76. The fourth-order valence-electron chi connectivity index (χ4n) is 2.96. The maximum atomic E-state index is 6.51. The van der Waals surface area contributed by atoms with Crippen LogP contribution in [-0.2, 0) is 5.54 Å². The van der Waals surface area contributed by atoms with Crippen LogP contribution in [0.2, 0.25) is 0 Å². The van der Waals surface area contributed by atoms with Crippen molar-refractivity contribution in [3.8, 4) is 11.5 Å². The third kappa shape index (κ3) is 2.83. The van der Waals surface area contributed by atoms with Crippen LogP contribution in [0.3, 0.4) is 0 Å². The molecule has 2 aromatic heterocycles. The zero-order valence-electron chi connectivity index (χ0n) is 12.7. The minimum Gasteiger partial charge on any atom is -0.334 e. The molecule has 0 unspecified atom stereocenters. The Morgan fingerprint density at radius 2 is 2.10 bits per heavy atom. The third-order valence-corrected chi connectivity index (χ3v) is 4.60. The molecule has 1 aliphatic rings. The second-order valence-electron chi connectivity index (χ2n) is 6.12. The molecule has 0 saturated heterocycles. The summed E-state index contributed by atoms with van der Waals surface area (Å²) < 4.78 is 5.38. The summed E-state index contributed by atoms with van der Waals surface area (Å²) in [6.07, 6.45) is 7.12. The average Bonchev–Trinajstić information content (AvgIpc) is 2.99. The molecule has 21 heavy (non-hydrogen) atoms. The fourth-order valence-corrected chi connectivity index (χ4v) is 2.96. The van der Waals surface area contributed by atoms with Gasteiger partial charge in [-0.15, -0.1) is 0 Å². The zero-order valence-corrected chi connectivity index (χ0v) is 12.7. The Morgan fingerprint density at radius 3 is 2.71 bits per heavy atom. The Labute approximate surface area is 125 Å². The first-order chi connectivity index (χ1) is 10.1. The van der Waals surface area contributed by atoms with Crippen LogP contribution in [0.25, 0.3) is 11.5 Å². The summed E-state index contributed by atoms with van der Waals surface area (Å²) in [6.45, 7) is 4.19. The molecule has 0 radical (unpaired) electrons. The molecule has 0 aromatic carbocycles. The van der Waals surface area contributed by atoms with Crippen molar-refractivity contribution >= 4 is 0 Å². The van der Waals surface area contributed by atoms with E-state index in [4.69, 9.17) is 10.3 Å². The van der Waals surface area contributed by atoms with E-state index in [0.29, 0.717) is 11.7 Å². The minimum atomic E-state index is -0.439. The Bertz CT molecular complexity index is 597. The molecular formula is C16H22N4O. The normalized spacial score (nSPS) is 26.0. The van der Waals surface area contributed by atoms with E-state index in [0.717, 1.165) is 42.9 Å². The van der Waals surface area contributed by atoms with Crippen molar-refractivity contribution in [1.82, 2.24) is 15.1 Å². The third-order valence-electron chi connectivity index (χ3n) is 4.60. The van der Waals surface area contributed by atoms with E-state index in [9.17, 15) is 0 Å². The molecule has 5 heteroatoms. The molecule has 0 amide bonds. The maximum absolute atomic E-state index is 6.51. The average molecular weight is 286 g/mol. The van der Waals surface area contributed by atoms with Gasteiger partial charge in [0.05, 0.1) is 11.1 Å². The lowest BCUT2D eigenvalue weighted by Gasteiger charge is -2.34.